The first-order valence-corrected chi connectivity index (χ1v) is 6.36. The fourth-order valence-corrected chi connectivity index (χ4v) is 1.77. The van der Waals surface area contributed by atoms with Gasteiger partial charge in [-0.3, -0.25) is 4.79 Å². The predicted molar refractivity (Wildman–Crippen MR) is 73.9 cm³/mol. The molecule has 1 atom stereocenters. The quantitative estimate of drug-likeness (QED) is 0.831. The second-order valence-corrected chi connectivity index (χ2v) is 4.87. The molecule has 0 aliphatic heterocycles. The number of hydrogen-bond donors (Lipinski definition) is 1. The molecule has 0 heterocycles. The molecule has 0 saturated heterocycles. The van der Waals surface area contributed by atoms with Crippen LogP contribution in [0.15, 0.2) is 24.3 Å². The number of rotatable bonds is 5. The lowest BCUT2D eigenvalue weighted by atomic mass is 10.0. The van der Waals surface area contributed by atoms with Crippen LogP contribution >= 0.6 is 0 Å². The monoisotopic (exact) mass is 274 g/mol. The van der Waals surface area contributed by atoms with Crippen LogP contribution in [0, 0.1) is 17.2 Å². The largest absolute Gasteiger partial charge is 0.467 e. The van der Waals surface area contributed by atoms with Crippen molar-refractivity contribution in [2.45, 2.75) is 26.3 Å². The third-order valence-electron chi connectivity index (χ3n) is 2.77. The first-order chi connectivity index (χ1) is 9.47. The minimum atomic E-state index is -0.664. The number of carbonyl (C=O) groups excluding carboxylic acids is 2. The van der Waals surface area contributed by atoms with Gasteiger partial charge in [0.15, 0.2) is 0 Å². The van der Waals surface area contributed by atoms with E-state index in [1.54, 1.807) is 24.3 Å². The van der Waals surface area contributed by atoms with Crippen LogP contribution in [0.1, 0.15) is 36.2 Å². The fraction of sp³-hybridized carbons (Fsp3) is 0.400. The molecule has 0 saturated carbocycles. The van der Waals surface area contributed by atoms with Crippen molar-refractivity contribution in [1.82, 2.24) is 5.32 Å². The molecule has 0 radical (unpaired) electrons. The van der Waals surface area contributed by atoms with E-state index in [1.807, 2.05) is 19.9 Å². The van der Waals surface area contributed by atoms with Crippen LogP contribution in [0.4, 0.5) is 0 Å². The Morgan fingerprint density at radius 1 is 1.30 bits per heavy atom. The van der Waals surface area contributed by atoms with Crippen LogP contribution < -0.4 is 5.32 Å². The number of methoxy groups -OCH3 is 1. The van der Waals surface area contributed by atoms with Crippen molar-refractivity contribution in [3.8, 4) is 6.07 Å². The minimum absolute atomic E-state index is 0.250. The zero-order valence-electron chi connectivity index (χ0n) is 11.8. The molecule has 0 spiro atoms. The highest BCUT2D eigenvalue weighted by atomic mass is 16.5. The van der Waals surface area contributed by atoms with Crippen LogP contribution in [0.5, 0.6) is 0 Å². The second kappa shape index (κ2) is 7.29. The first kappa shape index (κ1) is 15.7. The van der Waals surface area contributed by atoms with E-state index in [1.165, 1.54) is 7.11 Å². The lowest BCUT2D eigenvalue weighted by Gasteiger charge is -2.18. The second-order valence-electron chi connectivity index (χ2n) is 4.87. The minimum Gasteiger partial charge on any atom is -0.467 e. The SMILES string of the molecule is COC(=O)C(CC(C)C)NC(=O)c1ccc(C#N)cc1. The zero-order valence-corrected chi connectivity index (χ0v) is 11.8. The summed E-state index contributed by atoms with van der Waals surface area (Å²) in [5, 5.41) is 11.4. The lowest BCUT2D eigenvalue weighted by molar-refractivity contribution is -0.143. The van der Waals surface area contributed by atoms with Crippen LogP contribution in [0.25, 0.3) is 0 Å². The van der Waals surface area contributed by atoms with Gasteiger partial charge in [-0.05, 0) is 36.6 Å². The molecule has 1 unspecified atom stereocenters. The Morgan fingerprint density at radius 3 is 2.35 bits per heavy atom. The molecular weight excluding hydrogens is 256 g/mol. The Labute approximate surface area is 118 Å². The number of esters is 1. The van der Waals surface area contributed by atoms with E-state index < -0.39 is 12.0 Å². The molecule has 1 N–H and O–H groups in total. The van der Waals surface area contributed by atoms with Crippen molar-refractivity contribution < 1.29 is 14.3 Å². The molecule has 0 bridgehead atoms. The smallest absolute Gasteiger partial charge is 0.328 e. The highest BCUT2D eigenvalue weighted by Gasteiger charge is 2.23. The van der Waals surface area contributed by atoms with Crippen molar-refractivity contribution in [2.75, 3.05) is 7.11 Å². The first-order valence-electron chi connectivity index (χ1n) is 6.36. The molecule has 5 nitrogen and oxygen atoms in total. The summed E-state index contributed by atoms with van der Waals surface area (Å²) >= 11 is 0. The van der Waals surface area contributed by atoms with E-state index in [0.29, 0.717) is 17.5 Å². The van der Waals surface area contributed by atoms with E-state index in [0.717, 1.165) is 0 Å². The number of hydrogen-bond acceptors (Lipinski definition) is 4. The summed E-state index contributed by atoms with van der Waals surface area (Å²) in [5.74, 6) is -0.563. The summed E-state index contributed by atoms with van der Waals surface area (Å²) in [6.45, 7) is 3.92. The molecule has 0 aromatic heterocycles. The molecular formula is C15H18N2O3. The molecule has 0 fully saturated rings. The summed E-state index contributed by atoms with van der Waals surface area (Å²) in [4.78, 5) is 23.7. The number of nitrogens with zero attached hydrogens (tertiary/aromatic N) is 1. The van der Waals surface area contributed by atoms with Gasteiger partial charge in [-0.15, -0.1) is 0 Å². The van der Waals surface area contributed by atoms with Gasteiger partial charge >= 0.3 is 5.97 Å². The van der Waals surface area contributed by atoms with Gasteiger partial charge in [0.1, 0.15) is 6.04 Å². The Balaban J connectivity index is 2.79. The average Bonchev–Trinajstić information content (AvgIpc) is 2.45. The highest BCUT2D eigenvalue weighted by molar-refractivity contribution is 5.96. The van der Waals surface area contributed by atoms with Crippen LogP contribution in [-0.4, -0.2) is 25.0 Å². The summed E-state index contributed by atoms with van der Waals surface area (Å²) in [5.41, 5.74) is 0.884. The number of carbonyl (C=O) groups is 2. The van der Waals surface area contributed by atoms with Crippen LogP contribution in [-0.2, 0) is 9.53 Å². The summed E-state index contributed by atoms with van der Waals surface area (Å²) in [6, 6.07) is 7.54. The van der Waals surface area contributed by atoms with Gasteiger partial charge in [-0.25, -0.2) is 4.79 Å². The maximum Gasteiger partial charge on any atom is 0.328 e. The summed E-state index contributed by atoms with van der Waals surface area (Å²) < 4.78 is 4.69. The highest BCUT2D eigenvalue weighted by Crippen LogP contribution is 2.09. The standard InChI is InChI=1S/C15H18N2O3/c1-10(2)8-13(15(19)20-3)17-14(18)12-6-4-11(9-16)5-7-12/h4-7,10,13H,8H2,1-3H3,(H,17,18). The summed E-state index contributed by atoms with van der Waals surface area (Å²) in [6.07, 6.45) is 0.509. The van der Waals surface area contributed by atoms with Crippen LogP contribution in [0.2, 0.25) is 0 Å². The van der Waals surface area contributed by atoms with Gasteiger partial charge in [0.25, 0.3) is 5.91 Å². The van der Waals surface area contributed by atoms with E-state index >= 15 is 0 Å². The molecule has 1 rings (SSSR count). The predicted octanol–water partition coefficient (Wildman–Crippen LogP) is 1.88. The third kappa shape index (κ3) is 4.39. The Kier molecular flexibility index (Phi) is 5.73. The van der Waals surface area contributed by atoms with Gasteiger partial charge in [0.2, 0.25) is 0 Å². The maximum atomic E-state index is 12.1. The molecule has 5 heteroatoms. The van der Waals surface area contributed by atoms with Crippen molar-refractivity contribution in [3.05, 3.63) is 35.4 Å². The Morgan fingerprint density at radius 2 is 1.90 bits per heavy atom. The van der Waals surface area contributed by atoms with Crippen LogP contribution in [0.3, 0.4) is 0 Å². The van der Waals surface area contributed by atoms with E-state index in [2.05, 4.69) is 10.1 Å². The van der Waals surface area contributed by atoms with Gasteiger partial charge in [0, 0.05) is 5.56 Å². The molecule has 0 aliphatic rings. The number of benzene rings is 1. The molecule has 20 heavy (non-hydrogen) atoms. The van der Waals surface area contributed by atoms with Gasteiger partial charge in [0.05, 0.1) is 18.7 Å². The van der Waals surface area contributed by atoms with E-state index in [-0.39, 0.29) is 11.8 Å². The number of nitriles is 1. The van der Waals surface area contributed by atoms with Crippen molar-refractivity contribution in [2.24, 2.45) is 5.92 Å². The molecule has 0 aliphatic carbocycles. The Bertz CT molecular complexity index is 515. The van der Waals surface area contributed by atoms with E-state index in [4.69, 9.17) is 5.26 Å². The van der Waals surface area contributed by atoms with Gasteiger partial charge < -0.3 is 10.1 Å². The lowest BCUT2D eigenvalue weighted by Crippen LogP contribution is -2.42. The average molecular weight is 274 g/mol. The molecule has 1 amide bonds. The normalized spacial score (nSPS) is 11.6. The van der Waals surface area contributed by atoms with Gasteiger partial charge in [-0.2, -0.15) is 5.26 Å². The molecule has 1 aromatic rings. The van der Waals surface area contributed by atoms with E-state index in [9.17, 15) is 9.59 Å². The topological polar surface area (TPSA) is 79.2 Å². The number of amides is 1. The zero-order chi connectivity index (χ0) is 15.1. The van der Waals surface area contributed by atoms with Crippen molar-refractivity contribution in [1.29, 1.82) is 5.26 Å². The third-order valence-corrected chi connectivity index (χ3v) is 2.77. The Hall–Kier alpha value is -2.35. The molecule has 106 valence electrons. The number of nitrogens with one attached hydrogen (secondary N) is 1. The van der Waals surface area contributed by atoms with Gasteiger partial charge in [-0.1, -0.05) is 13.8 Å². The summed E-state index contributed by atoms with van der Waals surface area (Å²) in [7, 11) is 1.30. The fourth-order valence-electron chi connectivity index (χ4n) is 1.77. The number of ether oxygens (including phenoxy) is 1. The molecule has 1 aromatic carbocycles. The van der Waals surface area contributed by atoms with Crippen molar-refractivity contribution >= 4 is 11.9 Å². The maximum absolute atomic E-state index is 12.1. The van der Waals surface area contributed by atoms with Crippen molar-refractivity contribution in [3.63, 3.8) is 0 Å².